The van der Waals surface area contributed by atoms with Crippen LogP contribution in [0.5, 0.6) is 0 Å². The number of thiophene rings is 2. The highest BCUT2D eigenvalue weighted by atomic mass is 33.1. The van der Waals surface area contributed by atoms with Crippen LogP contribution >= 0.6 is 44.3 Å². The van der Waals surface area contributed by atoms with Crippen LogP contribution in [0.1, 0.15) is 0 Å². The van der Waals surface area contributed by atoms with Gasteiger partial charge >= 0.3 is 0 Å². The highest BCUT2D eigenvalue weighted by molar-refractivity contribution is 8.76. The summed E-state index contributed by atoms with van der Waals surface area (Å²) in [5.74, 6) is 0. The Morgan fingerprint density at radius 1 is 0.667 bits per heavy atom. The first kappa shape index (κ1) is 22.0. The molecule has 0 bridgehead atoms. The molecule has 2 aromatic carbocycles. The van der Waals surface area contributed by atoms with E-state index in [1.54, 1.807) is 68.5 Å². The predicted octanol–water partition coefficient (Wildman–Crippen LogP) is 7.10. The van der Waals surface area contributed by atoms with E-state index < -0.39 is 22.2 Å². The third-order valence-corrected chi connectivity index (χ3v) is 9.70. The molecule has 4 aromatic rings. The van der Waals surface area contributed by atoms with Crippen molar-refractivity contribution in [2.75, 3.05) is 0 Å². The maximum atomic E-state index is 11.5. The lowest BCUT2D eigenvalue weighted by Gasteiger charge is -2.11. The Labute approximate surface area is 194 Å². The van der Waals surface area contributed by atoms with Crippen molar-refractivity contribution < 1.29 is 17.5 Å². The zero-order valence-corrected chi connectivity index (χ0v) is 20.0. The molecule has 2 atom stereocenters. The Bertz CT molecular complexity index is 1110. The van der Waals surface area contributed by atoms with E-state index in [2.05, 4.69) is 0 Å². The maximum absolute atomic E-state index is 11.5. The van der Waals surface area contributed by atoms with E-state index in [4.69, 9.17) is 0 Å². The van der Waals surface area contributed by atoms with Gasteiger partial charge in [0, 0.05) is 30.7 Å². The van der Waals surface area contributed by atoms with Crippen LogP contribution in [-0.2, 0) is 22.2 Å². The molecular formula is C20H14O4S6. The summed E-state index contributed by atoms with van der Waals surface area (Å²) in [4.78, 5) is 4.72. The van der Waals surface area contributed by atoms with Gasteiger partial charge in [0.05, 0.1) is 9.79 Å². The molecule has 2 N–H and O–H groups in total. The molecule has 0 aliphatic heterocycles. The summed E-state index contributed by atoms with van der Waals surface area (Å²) < 4.78 is 42.0. The molecule has 0 radical (unpaired) electrons. The largest absolute Gasteiger partial charge is 0.302 e. The number of hydrogen-bond acceptors (Lipinski definition) is 6. The molecule has 4 nitrogen and oxygen atoms in total. The van der Waals surface area contributed by atoms with Crippen LogP contribution in [0.3, 0.4) is 0 Å². The van der Waals surface area contributed by atoms with Gasteiger partial charge in [-0.05, 0) is 59.3 Å². The molecule has 30 heavy (non-hydrogen) atoms. The first-order valence-corrected chi connectivity index (χ1v) is 14.6. The molecule has 0 fully saturated rings. The number of hydrogen-bond donors (Lipinski definition) is 2. The van der Waals surface area contributed by atoms with E-state index in [1.165, 1.54) is 0 Å². The highest BCUT2D eigenvalue weighted by Gasteiger charge is 2.15. The van der Waals surface area contributed by atoms with Crippen LogP contribution in [0.4, 0.5) is 0 Å². The van der Waals surface area contributed by atoms with Gasteiger partial charge in [0.15, 0.2) is 22.2 Å². The maximum Gasteiger partial charge on any atom is 0.186 e. The average Bonchev–Trinajstić information content (AvgIpc) is 3.46. The fraction of sp³-hybridized carbons (Fsp3) is 0. The van der Waals surface area contributed by atoms with Gasteiger partial charge in [0.2, 0.25) is 0 Å². The Morgan fingerprint density at radius 2 is 1.10 bits per heavy atom. The molecule has 0 aliphatic carbocycles. The lowest BCUT2D eigenvalue weighted by Crippen LogP contribution is -1.90. The smallest absolute Gasteiger partial charge is 0.186 e. The molecule has 2 unspecified atom stereocenters. The minimum absolute atomic E-state index is 0.363. The summed E-state index contributed by atoms with van der Waals surface area (Å²) in [6.07, 6.45) is 0. The second kappa shape index (κ2) is 9.92. The van der Waals surface area contributed by atoms with Gasteiger partial charge in [-0.3, -0.25) is 0 Å². The monoisotopic (exact) mass is 510 g/mol. The van der Waals surface area contributed by atoms with Crippen molar-refractivity contribution in [3.05, 3.63) is 71.4 Å². The van der Waals surface area contributed by atoms with Gasteiger partial charge in [-0.25, -0.2) is 8.42 Å². The molecular weight excluding hydrogens is 497 g/mol. The van der Waals surface area contributed by atoms with E-state index in [0.717, 1.165) is 30.7 Å². The summed E-state index contributed by atoms with van der Waals surface area (Å²) in [5.41, 5.74) is 1.82. The fourth-order valence-corrected chi connectivity index (χ4v) is 7.52. The third-order valence-electron chi connectivity index (χ3n) is 4.10. The van der Waals surface area contributed by atoms with Crippen LogP contribution < -0.4 is 0 Å². The van der Waals surface area contributed by atoms with Crippen LogP contribution in [0.2, 0.25) is 0 Å². The van der Waals surface area contributed by atoms with Gasteiger partial charge in [0.1, 0.15) is 0 Å². The van der Waals surface area contributed by atoms with E-state index in [-0.39, 0.29) is 0 Å². The van der Waals surface area contributed by atoms with Crippen molar-refractivity contribution in [3.8, 4) is 20.9 Å². The Kier molecular flexibility index (Phi) is 7.27. The summed E-state index contributed by atoms with van der Waals surface area (Å²) in [6.45, 7) is 0. The highest BCUT2D eigenvalue weighted by Crippen LogP contribution is 2.47. The second-order valence-corrected chi connectivity index (χ2v) is 12.0. The molecule has 10 heteroatoms. The van der Waals surface area contributed by atoms with Crippen molar-refractivity contribution in [2.45, 2.75) is 19.6 Å². The molecule has 4 rings (SSSR count). The summed E-state index contributed by atoms with van der Waals surface area (Å²) >= 11 is -0.935. The normalized spacial score (nSPS) is 13.3. The SMILES string of the molecule is O=S(O)c1ccc(SSc2ccc(S(=O)O)cc2-c2cccs2)c(-c2cccs2)c1. The van der Waals surface area contributed by atoms with Crippen molar-refractivity contribution in [1.29, 1.82) is 0 Å². The quantitative estimate of drug-likeness (QED) is 0.204. The summed E-state index contributed by atoms with van der Waals surface area (Å²) in [5, 5.41) is 3.95. The van der Waals surface area contributed by atoms with E-state index in [9.17, 15) is 17.5 Å². The van der Waals surface area contributed by atoms with E-state index in [0.29, 0.717) is 9.79 Å². The van der Waals surface area contributed by atoms with E-state index >= 15 is 0 Å². The van der Waals surface area contributed by atoms with Crippen LogP contribution in [-0.4, -0.2) is 17.5 Å². The number of rotatable bonds is 7. The molecule has 0 saturated carbocycles. The van der Waals surface area contributed by atoms with Gasteiger partial charge in [0.25, 0.3) is 0 Å². The summed E-state index contributed by atoms with van der Waals surface area (Å²) in [7, 11) is 3.11. The number of benzene rings is 2. The van der Waals surface area contributed by atoms with Crippen molar-refractivity contribution in [2.24, 2.45) is 0 Å². The topological polar surface area (TPSA) is 74.6 Å². The van der Waals surface area contributed by atoms with Gasteiger partial charge in [-0.1, -0.05) is 33.7 Å². The molecule has 154 valence electrons. The first-order chi connectivity index (χ1) is 14.5. The molecule has 0 saturated heterocycles. The third kappa shape index (κ3) is 4.97. The molecule has 2 aromatic heterocycles. The van der Waals surface area contributed by atoms with E-state index in [1.807, 2.05) is 47.2 Å². The molecule has 0 amide bonds. The molecule has 0 spiro atoms. The zero-order chi connectivity index (χ0) is 21.1. The lowest BCUT2D eigenvalue weighted by atomic mass is 10.2. The minimum atomic E-state index is -2.04. The standard InChI is InChI=1S/C20H14O4S6/c21-29(22)13-5-7-19(15(11-13)17-3-1-9-25-17)27-28-20-8-6-14(30(23)24)12-16(20)18-4-2-10-26-18/h1-12H,(H,21,22)(H,23,24). The van der Waals surface area contributed by atoms with Crippen molar-refractivity contribution in [1.82, 2.24) is 0 Å². The van der Waals surface area contributed by atoms with Gasteiger partial charge < -0.3 is 9.11 Å². The summed E-state index contributed by atoms with van der Waals surface area (Å²) in [6, 6.07) is 18.4. The van der Waals surface area contributed by atoms with Crippen LogP contribution in [0.15, 0.2) is 91.0 Å². The van der Waals surface area contributed by atoms with Crippen molar-refractivity contribution >= 4 is 66.4 Å². The Balaban J connectivity index is 1.69. The first-order valence-electron chi connectivity index (χ1n) is 8.45. The Hall–Kier alpha value is -1.24. The second-order valence-electron chi connectivity index (χ2n) is 5.94. The minimum Gasteiger partial charge on any atom is -0.302 e. The van der Waals surface area contributed by atoms with Crippen molar-refractivity contribution in [3.63, 3.8) is 0 Å². The molecule has 2 heterocycles. The van der Waals surface area contributed by atoms with Gasteiger partial charge in [-0.15, -0.1) is 22.7 Å². The molecule has 0 aliphatic rings. The lowest BCUT2D eigenvalue weighted by molar-refractivity contribution is 0.563. The van der Waals surface area contributed by atoms with Crippen LogP contribution in [0, 0.1) is 0 Å². The Morgan fingerprint density at radius 3 is 1.43 bits per heavy atom. The van der Waals surface area contributed by atoms with Crippen LogP contribution in [0.25, 0.3) is 20.9 Å². The van der Waals surface area contributed by atoms with Gasteiger partial charge in [-0.2, -0.15) is 0 Å². The average molecular weight is 511 g/mol. The predicted molar refractivity (Wildman–Crippen MR) is 129 cm³/mol. The fourth-order valence-electron chi connectivity index (χ4n) is 2.72. The zero-order valence-electron chi connectivity index (χ0n) is 15.1.